The fourth-order valence-electron chi connectivity index (χ4n) is 1.63. The molecule has 1 heterocycles. The molecule has 2 rings (SSSR count). The maximum absolute atomic E-state index is 11.7. The molecule has 1 aliphatic carbocycles. The molecule has 0 amide bonds. The van der Waals surface area contributed by atoms with Crippen molar-refractivity contribution >= 4 is 33.4 Å². The SMILES string of the molecule is O=C(O)C=Cc1ccsc1CNS(=O)(=O)CC1CC1. The summed E-state index contributed by atoms with van der Waals surface area (Å²) in [5.41, 5.74) is 0.738. The summed E-state index contributed by atoms with van der Waals surface area (Å²) in [4.78, 5) is 11.3. The monoisotopic (exact) mass is 301 g/mol. The van der Waals surface area contributed by atoms with Crippen LogP contribution in [0.2, 0.25) is 0 Å². The van der Waals surface area contributed by atoms with Gasteiger partial charge in [0.2, 0.25) is 10.0 Å². The molecule has 7 heteroatoms. The first-order valence-electron chi connectivity index (χ1n) is 5.91. The summed E-state index contributed by atoms with van der Waals surface area (Å²) in [5.74, 6) is -0.516. The second-order valence-corrected chi connectivity index (χ2v) is 7.37. The predicted octanol–water partition coefficient (Wildman–Crippen LogP) is 1.68. The highest BCUT2D eigenvalue weighted by Crippen LogP contribution is 2.30. The molecule has 0 aliphatic heterocycles. The van der Waals surface area contributed by atoms with Gasteiger partial charge in [-0.05, 0) is 41.8 Å². The third kappa shape index (κ3) is 4.77. The van der Waals surface area contributed by atoms with Gasteiger partial charge in [0.25, 0.3) is 0 Å². The van der Waals surface area contributed by atoms with Crippen LogP contribution in [0.25, 0.3) is 6.08 Å². The van der Waals surface area contributed by atoms with E-state index < -0.39 is 16.0 Å². The number of carbonyl (C=O) groups is 1. The zero-order chi connectivity index (χ0) is 13.9. The topological polar surface area (TPSA) is 83.5 Å². The normalized spacial score (nSPS) is 16.0. The molecule has 1 aromatic rings. The van der Waals surface area contributed by atoms with Crippen molar-refractivity contribution in [2.45, 2.75) is 19.4 Å². The van der Waals surface area contributed by atoms with Crippen molar-refractivity contribution < 1.29 is 18.3 Å². The van der Waals surface area contributed by atoms with Crippen LogP contribution >= 0.6 is 11.3 Å². The van der Waals surface area contributed by atoms with E-state index in [0.717, 1.165) is 29.4 Å². The molecule has 0 atom stereocenters. The number of rotatable bonds is 7. The first kappa shape index (κ1) is 14.2. The third-order valence-corrected chi connectivity index (χ3v) is 5.22. The Labute approximate surface area is 116 Å². The lowest BCUT2D eigenvalue weighted by Crippen LogP contribution is -2.26. The summed E-state index contributed by atoms with van der Waals surface area (Å²) in [6.45, 7) is 0.214. The van der Waals surface area contributed by atoms with Crippen molar-refractivity contribution in [3.63, 3.8) is 0 Å². The summed E-state index contributed by atoms with van der Waals surface area (Å²) >= 11 is 1.41. The highest BCUT2D eigenvalue weighted by molar-refractivity contribution is 7.89. The maximum Gasteiger partial charge on any atom is 0.328 e. The first-order valence-corrected chi connectivity index (χ1v) is 8.44. The van der Waals surface area contributed by atoms with Crippen LogP contribution in [0.3, 0.4) is 0 Å². The van der Waals surface area contributed by atoms with Gasteiger partial charge in [-0.2, -0.15) is 0 Å². The number of carboxylic acid groups (broad SMARTS) is 1. The van der Waals surface area contributed by atoms with Gasteiger partial charge < -0.3 is 5.11 Å². The molecular formula is C12H15NO4S2. The standard InChI is InChI=1S/C12H15NO4S2/c14-12(15)4-3-10-5-6-18-11(10)7-13-19(16,17)8-9-1-2-9/h3-6,9,13H,1-2,7-8H2,(H,14,15). The van der Waals surface area contributed by atoms with Crippen LogP contribution in [0.5, 0.6) is 0 Å². The zero-order valence-electron chi connectivity index (χ0n) is 10.2. The van der Waals surface area contributed by atoms with Crippen LogP contribution < -0.4 is 4.72 Å². The highest BCUT2D eigenvalue weighted by atomic mass is 32.2. The van der Waals surface area contributed by atoms with Gasteiger partial charge in [-0.1, -0.05) is 0 Å². The number of aliphatic carboxylic acids is 1. The van der Waals surface area contributed by atoms with Crippen LogP contribution in [0.4, 0.5) is 0 Å². The van der Waals surface area contributed by atoms with E-state index in [1.54, 1.807) is 6.07 Å². The van der Waals surface area contributed by atoms with Crippen LogP contribution in [0.1, 0.15) is 23.3 Å². The van der Waals surface area contributed by atoms with Crippen molar-refractivity contribution in [3.8, 4) is 0 Å². The largest absolute Gasteiger partial charge is 0.478 e. The van der Waals surface area contributed by atoms with Gasteiger partial charge >= 0.3 is 5.97 Å². The zero-order valence-corrected chi connectivity index (χ0v) is 11.8. The van der Waals surface area contributed by atoms with Gasteiger partial charge in [0.15, 0.2) is 0 Å². The number of thiophene rings is 1. The van der Waals surface area contributed by atoms with E-state index in [1.807, 2.05) is 5.38 Å². The summed E-state index contributed by atoms with van der Waals surface area (Å²) < 4.78 is 26.0. The molecule has 0 aromatic carbocycles. The molecule has 0 bridgehead atoms. The number of carboxylic acids is 1. The van der Waals surface area contributed by atoms with Crippen molar-refractivity contribution in [2.75, 3.05) is 5.75 Å². The number of hydrogen-bond acceptors (Lipinski definition) is 4. The van der Waals surface area contributed by atoms with Gasteiger partial charge in [0, 0.05) is 17.5 Å². The van der Waals surface area contributed by atoms with Gasteiger partial charge in [-0.3, -0.25) is 0 Å². The minimum absolute atomic E-state index is 0.193. The Morgan fingerprint density at radius 2 is 2.26 bits per heavy atom. The quantitative estimate of drug-likeness (QED) is 0.750. The molecule has 1 aromatic heterocycles. The van der Waals surface area contributed by atoms with E-state index in [1.165, 1.54) is 17.4 Å². The molecule has 0 saturated heterocycles. The molecule has 1 aliphatic rings. The average molecular weight is 301 g/mol. The summed E-state index contributed by atoms with van der Waals surface area (Å²) in [7, 11) is -3.23. The maximum atomic E-state index is 11.7. The molecule has 0 unspecified atom stereocenters. The van der Waals surface area contributed by atoms with Crippen LogP contribution in [-0.4, -0.2) is 25.2 Å². The second-order valence-electron chi connectivity index (χ2n) is 4.52. The van der Waals surface area contributed by atoms with Crippen LogP contribution in [0, 0.1) is 5.92 Å². The summed E-state index contributed by atoms with van der Waals surface area (Å²) in [6.07, 6.45) is 4.51. The molecule has 1 saturated carbocycles. The minimum atomic E-state index is -3.23. The lowest BCUT2D eigenvalue weighted by molar-refractivity contribution is -0.131. The molecule has 1 fully saturated rings. The van der Waals surface area contributed by atoms with Gasteiger partial charge in [-0.15, -0.1) is 11.3 Å². The van der Waals surface area contributed by atoms with Crippen LogP contribution in [0.15, 0.2) is 17.5 Å². The van der Waals surface area contributed by atoms with E-state index in [0.29, 0.717) is 5.92 Å². The molecule has 19 heavy (non-hydrogen) atoms. The number of sulfonamides is 1. The van der Waals surface area contributed by atoms with E-state index in [9.17, 15) is 13.2 Å². The number of hydrogen-bond donors (Lipinski definition) is 2. The predicted molar refractivity (Wildman–Crippen MR) is 74.3 cm³/mol. The van der Waals surface area contributed by atoms with Gasteiger partial charge in [-0.25, -0.2) is 17.9 Å². The van der Waals surface area contributed by atoms with Crippen LogP contribution in [-0.2, 0) is 21.4 Å². The van der Waals surface area contributed by atoms with E-state index in [4.69, 9.17) is 5.11 Å². The average Bonchev–Trinajstić information content (AvgIpc) is 3.00. The Morgan fingerprint density at radius 1 is 1.53 bits per heavy atom. The Morgan fingerprint density at radius 3 is 2.89 bits per heavy atom. The molecule has 5 nitrogen and oxygen atoms in total. The molecule has 2 N–H and O–H groups in total. The van der Waals surface area contributed by atoms with Crippen molar-refractivity contribution in [3.05, 3.63) is 28.0 Å². The smallest absolute Gasteiger partial charge is 0.328 e. The molecule has 0 radical (unpaired) electrons. The molecule has 104 valence electrons. The lowest BCUT2D eigenvalue weighted by Gasteiger charge is -2.05. The van der Waals surface area contributed by atoms with Crippen molar-refractivity contribution in [1.29, 1.82) is 0 Å². The van der Waals surface area contributed by atoms with E-state index in [2.05, 4.69) is 4.72 Å². The van der Waals surface area contributed by atoms with Crippen molar-refractivity contribution in [1.82, 2.24) is 4.72 Å². The summed E-state index contributed by atoms with van der Waals surface area (Å²) in [6, 6.07) is 1.77. The fraction of sp³-hybridized carbons (Fsp3) is 0.417. The van der Waals surface area contributed by atoms with Gasteiger partial charge in [0.1, 0.15) is 0 Å². The van der Waals surface area contributed by atoms with Crippen molar-refractivity contribution in [2.24, 2.45) is 5.92 Å². The Bertz CT molecular complexity index is 585. The summed E-state index contributed by atoms with van der Waals surface area (Å²) in [5, 5.41) is 10.4. The highest BCUT2D eigenvalue weighted by Gasteiger charge is 2.27. The Balaban J connectivity index is 1.95. The van der Waals surface area contributed by atoms with E-state index in [-0.39, 0.29) is 12.3 Å². The van der Waals surface area contributed by atoms with Gasteiger partial charge in [0.05, 0.1) is 5.75 Å². The second kappa shape index (κ2) is 5.85. The third-order valence-electron chi connectivity index (χ3n) is 2.79. The Kier molecular flexibility index (Phi) is 4.38. The Hall–Kier alpha value is -1.18. The lowest BCUT2D eigenvalue weighted by atomic mass is 10.2. The van der Waals surface area contributed by atoms with E-state index >= 15 is 0 Å². The molecular weight excluding hydrogens is 286 g/mol. The fourth-order valence-corrected chi connectivity index (χ4v) is 3.97. The first-order chi connectivity index (χ1) is 8.96. The molecule has 0 spiro atoms. The minimum Gasteiger partial charge on any atom is -0.478 e. The number of nitrogens with one attached hydrogen (secondary N) is 1.